The van der Waals surface area contributed by atoms with Gasteiger partial charge in [-0.2, -0.15) is 0 Å². The first-order valence-corrected chi connectivity index (χ1v) is 6.73. The Morgan fingerprint density at radius 2 is 2.20 bits per heavy atom. The quantitative estimate of drug-likeness (QED) is 0.689. The molecule has 1 aromatic heterocycles. The first-order chi connectivity index (χ1) is 9.51. The number of aliphatic carboxylic acids is 1. The van der Waals surface area contributed by atoms with Crippen LogP contribution in [0.5, 0.6) is 0 Å². The van der Waals surface area contributed by atoms with Crippen LogP contribution in [0.1, 0.15) is 37.2 Å². The monoisotopic (exact) mass is 281 g/mol. The van der Waals surface area contributed by atoms with E-state index in [1.807, 2.05) is 12.1 Å². The topological polar surface area (TPSA) is 99.8 Å². The molecule has 0 aromatic carbocycles. The molecule has 0 aliphatic heterocycles. The van der Waals surface area contributed by atoms with Crippen LogP contribution in [-0.4, -0.2) is 34.7 Å². The Bertz CT molecular complexity index is 496. The summed E-state index contributed by atoms with van der Waals surface area (Å²) in [7, 11) is 0. The highest BCUT2D eigenvalue weighted by molar-refractivity contribution is 5.83. The van der Waals surface area contributed by atoms with E-state index in [1.165, 1.54) is 0 Å². The molecule has 6 heteroatoms. The van der Waals surface area contributed by atoms with Gasteiger partial charge in [0.1, 0.15) is 17.6 Å². The van der Waals surface area contributed by atoms with E-state index in [-0.39, 0.29) is 6.42 Å². The average Bonchev–Trinajstić information content (AvgIpc) is 2.96. The van der Waals surface area contributed by atoms with Gasteiger partial charge in [-0.3, -0.25) is 4.79 Å². The van der Waals surface area contributed by atoms with E-state index >= 15 is 0 Å². The van der Waals surface area contributed by atoms with Crippen molar-refractivity contribution in [3.63, 3.8) is 0 Å². The third kappa shape index (κ3) is 3.60. The van der Waals surface area contributed by atoms with Crippen LogP contribution in [-0.2, 0) is 16.0 Å². The number of aliphatic hydroxyl groups is 1. The minimum absolute atomic E-state index is 0.136. The fraction of sp³-hybridized carbons (Fsp3) is 0.571. The first kappa shape index (κ1) is 14.6. The van der Waals surface area contributed by atoms with Crippen LogP contribution in [0.15, 0.2) is 16.5 Å². The first-order valence-electron chi connectivity index (χ1n) is 6.73. The minimum Gasteiger partial charge on any atom is -0.480 e. The number of amides is 1. The maximum atomic E-state index is 11.6. The van der Waals surface area contributed by atoms with Gasteiger partial charge in [-0.25, -0.2) is 4.79 Å². The molecule has 1 aromatic rings. The average molecular weight is 281 g/mol. The molecule has 110 valence electrons. The second-order valence-corrected chi connectivity index (χ2v) is 5.26. The molecule has 1 amide bonds. The van der Waals surface area contributed by atoms with E-state index in [0.717, 1.165) is 17.9 Å². The standard InChI is InChI=1S/C14H19NO5/c1-8-6-10(8)12-4-2-9(20-12)3-5-13(17)15-11(7-16)14(18)19/h2,4,8,10-11,16H,3,5-7H2,1H3,(H,15,17)(H,18,19)/t8?,10?,11-/m1/s1. The summed E-state index contributed by atoms with van der Waals surface area (Å²) in [6.45, 7) is 1.55. The number of carboxylic acid groups (broad SMARTS) is 1. The number of carbonyl (C=O) groups is 2. The highest BCUT2D eigenvalue weighted by Crippen LogP contribution is 2.47. The van der Waals surface area contributed by atoms with Crippen LogP contribution in [0.2, 0.25) is 0 Å². The molecule has 0 bridgehead atoms. The van der Waals surface area contributed by atoms with Gasteiger partial charge in [-0.15, -0.1) is 0 Å². The van der Waals surface area contributed by atoms with Gasteiger partial charge in [0.05, 0.1) is 6.61 Å². The second-order valence-electron chi connectivity index (χ2n) is 5.26. The van der Waals surface area contributed by atoms with Gasteiger partial charge in [-0.05, 0) is 24.5 Å². The summed E-state index contributed by atoms with van der Waals surface area (Å²) in [4.78, 5) is 22.2. The Labute approximate surface area is 116 Å². The number of aryl methyl sites for hydroxylation is 1. The van der Waals surface area contributed by atoms with Crippen molar-refractivity contribution in [1.82, 2.24) is 5.32 Å². The maximum Gasteiger partial charge on any atom is 0.328 e. The number of carbonyl (C=O) groups excluding carboxylic acids is 1. The molecule has 1 fully saturated rings. The zero-order valence-corrected chi connectivity index (χ0v) is 11.3. The molecule has 20 heavy (non-hydrogen) atoms. The smallest absolute Gasteiger partial charge is 0.328 e. The molecule has 1 aliphatic rings. The van der Waals surface area contributed by atoms with Crippen LogP contribution in [0.3, 0.4) is 0 Å². The molecule has 3 atom stereocenters. The number of hydrogen-bond acceptors (Lipinski definition) is 4. The van der Waals surface area contributed by atoms with E-state index in [2.05, 4.69) is 12.2 Å². The number of aliphatic hydroxyl groups excluding tert-OH is 1. The molecule has 3 N–H and O–H groups in total. The van der Waals surface area contributed by atoms with Crippen LogP contribution >= 0.6 is 0 Å². The largest absolute Gasteiger partial charge is 0.480 e. The summed E-state index contributed by atoms with van der Waals surface area (Å²) in [5, 5.41) is 19.8. The molecule has 6 nitrogen and oxygen atoms in total. The lowest BCUT2D eigenvalue weighted by Gasteiger charge is -2.10. The van der Waals surface area contributed by atoms with E-state index < -0.39 is 24.5 Å². The summed E-state index contributed by atoms with van der Waals surface area (Å²) in [5.74, 6) is 1.20. The Morgan fingerprint density at radius 3 is 2.75 bits per heavy atom. The van der Waals surface area contributed by atoms with Gasteiger partial charge >= 0.3 is 5.97 Å². The van der Waals surface area contributed by atoms with Crippen LogP contribution in [0.25, 0.3) is 0 Å². The summed E-state index contributed by atoms with van der Waals surface area (Å²) in [6, 6.07) is 2.55. The highest BCUT2D eigenvalue weighted by atomic mass is 16.4. The number of carboxylic acids is 1. The fourth-order valence-electron chi connectivity index (χ4n) is 2.14. The minimum atomic E-state index is -1.25. The van der Waals surface area contributed by atoms with Crippen LogP contribution < -0.4 is 5.32 Å². The molecule has 2 unspecified atom stereocenters. The molecular formula is C14H19NO5. The lowest BCUT2D eigenvalue weighted by atomic mass is 10.2. The fourth-order valence-corrected chi connectivity index (χ4v) is 2.14. The lowest BCUT2D eigenvalue weighted by Crippen LogP contribution is -2.43. The van der Waals surface area contributed by atoms with E-state index in [0.29, 0.717) is 18.3 Å². The maximum absolute atomic E-state index is 11.6. The molecular weight excluding hydrogens is 262 g/mol. The molecule has 0 saturated heterocycles. The van der Waals surface area contributed by atoms with Gasteiger partial charge in [0, 0.05) is 18.8 Å². The van der Waals surface area contributed by atoms with Crippen molar-refractivity contribution in [3.8, 4) is 0 Å². The van der Waals surface area contributed by atoms with Gasteiger partial charge in [0.25, 0.3) is 0 Å². The van der Waals surface area contributed by atoms with Crippen molar-refractivity contribution in [2.24, 2.45) is 5.92 Å². The third-order valence-corrected chi connectivity index (χ3v) is 3.57. The molecule has 2 rings (SSSR count). The van der Waals surface area contributed by atoms with E-state index in [1.54, 1.807) is 0 Å². The summed E-state index contributed by atoms with van der Waals surface area (Å²) in [6.07, 6.45) is 1.70. The second kappa shape index (κ2) is 6.09. The van der Waals surface area contributed by atoms with Crippen LogP contribution in [0.4, 0.5) is 0 Å². The van der Waals surface area contributed by atoms with Crippen LogP contribution in [0, 0.1) is 5.92 Å². The molecule has 0 radical (unpaired) electrons. The van der Waals surface area contributed by atoms with Crippen molar-refractivity contribution in [2.45, 2.75) is 38.1 Å². The predicted octanol–water partition coefficient (Wildman–Crippen LogP) is 0.897. The number of furan rings is 1. The van der Waals surface area contributed by atoms with E-state index in [9.17, 15) is 9.59 Å². The van der Waals surface area contributed by atoms with Gasteiger partial charge in [0.2, 0.25) is 5.91 Å². The van der Waals surface area contributed by atoms with Crippen molar-refractivity contribution < 1.29 is 24.2 Å². The summed E-state index contributed by atoms with van der Waals surface area (Å²) >= 11 is 0. The molecule has 1 heterocycles. The van der Waals surface area contributed by atoms with Gasteiger partial charge in [0.15, 0.2) is 0 Å². The van der Waals surface area contributed by atoms with E-state index in [4.69, 9.17) is 14.6 Å². The zero-order valence-electron chi connectivity index (χ0n) is 11.3. The number of nitrogens with one attached hydrogen (secondary N) is 1. The normalized spacial score (nSPS) is 22.3. The van der Waals surface area contributed by atoms with Crippen molar-refractivity contribution in [1.29, 1.82) is 0 Å². The Morgan fingerprint density at radius 1 is 1.50 bits per heavy atom. The zero-order chi connectivity index (χ0) is 14.7. The Balaban J connectivity index is 1.78. The molecule has 1 aliphatic carbocycles. The number of hydrogen-bond donors (Lipinski definition) is 3. The van der Waals surface area contributed by atoms with Crippen molar-refractivity contribution in [3.05, 3.63) is 23.7 Å². The molecule has 1 saturated carbocycles. The van der Waals surface area contributed by atoms with Gasteiger partial charge < -0.3 is 19.9 Å². The molecule has 0 spiro atoms. The lowest BCUT2D eigenvalue weighted by molar-refractivity contribution is -0.142. The number of rotatable bonds is 7. The SMILES string of the molecule is CC1CC1c1ccc(CCC(=O)N[C@H](CO)C(=O)O)o1. The third-order valence-electron chi connectivity index (χ3n) is 3.57. The van der Waals surface area contributed by atoms with Crippen molar-refractivity contribution >= 4 is 11.9 Å². The Kier molecular flexibility index (Phi) is 4.44. The highest BCUT2D eigenvalue weighted by Gasteiger charge is 2.36. The summed E-state index contributed by atoms with van der Waals surface area (Å²) < 4.78 is 5.66. The summed E-state index contributed by atoms with van der Waals surface area (Å²) in [5.41, 5.74) is 0. The predicted molar refractivity (Wildman–Crippen MR) is 70.2 cm³/mol. The van der Waals surface area contributed by atoms with Crippen molar-refractivity contribution in [2.75, 3.05) is 6.61 Å². The Hall–Kier alpha value is -1.82. The van der Waals surface area contributed by atoms with Gasteiger partial charge in [-0.1, -0.05) is 6.92 Å².